The first-order valence-electron chi connectivity index (χ1n) is 3.84. The molecular weight excluding hydrogens is 179 g/mol. The van der Waals surface area contributed by atoms with Crippen LogP contribution in [-0.2, 0) is 12.5 Å². The number of hydrogen-bond donors (Lipinski definition) is 1. The van der Waals surface area contributed by atoms with Gasteiger partial charge < -0.3 is 5.73 Å². The van der Waals surface area contributed by atoms with Crippen molar-refractivity contribution in [2.75, 3.05) is 6.67 Å². The second-order valence-corrected chi connectivity index (χ2v) is 2.70. The van der Waals surface area contributed by atoms with Crippen LogP contribution in [0.1, 0.15) is 11.1 Å². The molecule has 0 heterocycles. The number of nitrogens with two attached hydrogens (primary N) is 1. The van der Waals surface area contributed by atoms with Crippen molar-refractivity contribution in [2.45, 2.75) is 12.5 Å². The molecule has 0 bridgehead atoms. The molecule has 2 N–H and O–H groups in total. The maximum Gasteiger partial charge on any atom is 0.301 e. The van der Waals surface area contributed by atoms with Crippen molar-refractivity contribution >= 4 is 0 Å². The van der Waals surface area contributed by atoms with Gasteiger partial charge in [0.15, 0.2) is 6.67 Å². The molecule has 4 heteroatoms. The summed E-state index contributed by atoms with van der Waals surface area (Å²) in [7, 11) is 0. The fraction of sp³-hybridized carbons (Fsp3) is 0.333. The second kappa shape index (κ2) is 3.79. The minimum atomic E-state index is -3.42. The zero-order valence-electron chi connectivity index (χ0n) is 6.93. The average Bonchev–Trinajstić information content (AvgIpc) is 2.18. The Morgan fingerprint density at radius 2 is 1.85 bits per heavy atom. The molecule has 0 saturated heterocycles. The van der Waals surface area contributed by atoms with Crippen molar-refractivity contribution < 1.29 is 13.2 Å². The molecule has 13 heavy (non-hydrogen) atoms. The number of benzene rings is 1. The Bertz CT molecular complexity index is 286. The summed E-state index contributed by atoms with van der Waals surface area (Å²) in [6, 6.07) is 5.71. The molecule has 0 spiro atoms. The summed E-state index contributed by atoms with van der Waals surface area (Å²) < 4.78 is 37.8. The second-order valence-electron chi connectivity index (χ2n) is 2.70. The Hall–Kier alpha value is -1.03. The van der Waals surface area contributed by atoms with Crippen LogP contribution in [0, 0.1) is 0 Å². The van der Waals surface area contributed by atoms with E-state index in [2.05, 4.69) is 0 Å². The largest absolute Gasteiger partial charge is 0.326 e. The van der Waals surface area contributed by atoms with E-state index in [9.17, 15) is 13.2 Å². The highest BCUT2D eigenvalue weighted by Crippen LogP contribution is 2.30. The molecule has 1 aromatic carbocycles. The molecule has 0 fully saturated rings. The van der Waals surface area contributed by atoms with Gasteiger partial charge in [0, 0.05) is 12.1 Å². The summed E-state index contributed by atoms with van der Waals surface area (Å²) in [5.74, 6) is -3.42. The topological polar surface area (TPSA) is 26.0 Å². The first kappa shape index (κ1) is 10.1. The number of hydrogen-bond acceptors (Lipinski definition) is 1. The van der Waals surface area contributed by atoms with Gasteiger partial charge in [-0.25, -0.2) is 4.39 Å². The van der Waals surface area contributed by atoms with Gasteiger partial charge in [-0.15, -0.1) is 0 Å². The lowest BCUT2D eigenvalue weighted by atomic mass is 10.0. The molecule has 0 aliphatic rings. The third kappa shape index (κ3) is 2.01. The quantitative estimate of drug-likeness (QED) is 0.775. The summed E-state index contributed by atoms with van der Waals surface area (Å²) in [6.45, 7) is -1.70. The van der Waals surface area contributed by atoms with E-state index in [0.29, 0.717) is 0 Å². The first-order valence-corrected chi connectivity index (χ1v) is 3.84. The Kier molecular flexibility index (Phi) is 2.93. The molecule has 0 amide bonds. The number of halogens is 3. The van der Waals surface area contributed by atoms with Crippen molar-refractivity contribution in [2.24, 2.45) is 5.73 Å². The minimum absolute atomic E-state index is 0.00817. The highest BCUT2D eigenvalue weighted by molar-refractivity contribution is 5.30. The monoisotopic (exact) mass is 189 g/mol. The van der Waals surface area contributed by atoms with Crippen LogP contribution in [0.15, 0.2) is 24.3 Å². The zero-order chi connectivity index (χ0) is 9.90. The third-order valence-corrected chi connectivity index (χ3v) is 1.80. The van der Waals surface area contributed by atoms with Crippen LogP contribution in [0.3, 0.4) is 0 Å². The summed E-state index contributed by atoms with van der Waals surface area (Å²) in [5.41, 5.74) is 5.21. The van der Waals surface area contributed by atoms with Gasteiger partial charge in [0.25, 0.3) is 0 Å². The maximum absolute atomic E-state index is 12.9. The first-order chi connectivity index (χ1) is 6.11. The van der Waals surface area contributed by atoms with E-state index in [1.807, 2.05) is 0 Å². The van der Waals surface area contributed by atoms with E-state index < -0.39 is 12.6 Å². The zero-order valence-corrected chi connectivity index (χ0v) is 6.93. The van der Waals surface area contributed by atoms with Crippen LogP contribution in [-0.4, -0.2) is 6.67 Å². The molecule has 1 aromatic rings. The van der Waals surface area contributed by atoms with Crippen molar-refractivity contribution in [1.29, 1.82) is 0 Å². The molecule has 0 saturated carbocycles. The Balaban J connectivity index is 3.12. The van der Waals surface area contributed by atoms with E-state index in [1.54, 1.807) is 6.07 Å². The SMILES string of the molecule is NCc1ccccc1C(F)(F)CF. The number of rotatable bonds is 3. The molecule has 1 rings (SSSR count). The van der Waals surface area contributed by atoms with Gasteiger partial charge in [-0.1, -0.05) is 24.3 Å². The summed E-state index contributed by atoms with van der Waals surface area (Å²) in [4.78, 5) is 0. The maximum atomic E-state index is 12.9. The molecule has 1 nitrogen and oxygen atoms in total. The normalized spacial score (nSPS) is 11.7. The van der Waals surface area contributed by atoms with Gasteiger partial charge in [0.2, 0.25) is 0 Å². The van der Waals surface area contributed by atoms with Gasteiger partial charge in [-0.05, 0) is 5.56 Å². The van der Waals surface area contributed by atoms with E-state index in [0.717, 1.165) is 0 Å². The summed E-state index contributed by atoms with van der Waals surface area (Å²) >= 11 is 0. The molecule has 0 aliphatic heterocycles. The van der Waals surface area contributed by atoms with Crippen LogP contribution in [0.2, 0.25) is 0 Å². The third-order valence-electron chi connectivity index (χ3n) is 1.80. The Morgan fingerprint density at radius 3 is 2.38 bits per heavy atom. The highest BCUT2D eigenvalue weighted by Gasteiger charge is 2.33. The molecule has 0 aliphatic carbocycles. The van der Waals surface area contributed by atoms with E-state index >= 15 is 0 Å². The predicted octanol–water partition coefficient (Wildman–Crippen LogP) is 2.21. The van der Waals surface area contributed by atoms with Crippen molar-refractivity contribution in [3.05, 3.63) is 35.4 Å². The van der Waals surface area contributed by atoms with Crippen LogP contribution in [0.25, 0.3) is 0 Å². The minimum Gasteiger partial charge on any atom is -0.326 e. The Labute approximate surface area is 74.4 Å². The van der Waals surface area contributed by atoms with Crippen LogP contribution < -0.4 is 5.73 Å². The molecule has 0 unspecified atom stereocenters. The molecule has 72 valence electrons. The lowest BCUT2D eigenvalue weighted by molar-refractivity contribution is -0.0288. The van der Waals surface area contributed by atoms with Crippen LogP contribution in [0.4, 0.5) is 13.2 Å². The number of alkyl halides is 3. The lowest BCUT2D eigenvalue weighted by Gasteiger charge is -2.15. The van der Waals surface area contributed by atoms with Crippen molar-refractivity contribution in [3.8, 4) is 0 Å². The molecule has 0 aromatic heterocycles. The van der Waals surface area contributed by atoms with Gasteiger partial charge in [0.05, 0.1) is 0 Å². The van der Waals surface area contributed by atoms with Crippen LogP contribution in [0.5, 0.6) is 0 Å². The van der Waals surface area contributed by atoms with Gasteiger partial charge in [-0.2, -0.15) is 8.78 Å². The fourth-order valence-corrected chi connectivity index (χ4v) is 1.13. The molecule has 0 radical (unpaired) electrons. The van der Waals surface area contributed by atoms with Crippen LogP contribution >= 0.6 is 0 Å². The van der Waals surface area contributed by atoms with Crippen molar-refractivity contribution in [1.82, 2.24) is 0 Å². The van der Waals surface area contributed by atoms with E-state index in [-0.39, 0.29) is 17.7 Å². The van der Waals surface area contributed by atoms with Gasteiger partial charge in [-0.3, -0.25) is 0 Å². The van der Waals surface area contributed by atoms with Gasteiger partial charge in [0.1, 0.15) is 0 Å². The summed E-state index contributed by atoms with van der Waals surface area (Å²) in [5, 5.41) is 0. The van der Waals surface area contributed by atoms with Gasteiger partial charge >= 0.3 is 5.92 Å². The van der Waals surface area contributed by atoms with Crippen molar-refractivity contribution in [3.63, 3.8) is 0 Å². The Morgan fingerprint density at radius 1 is 1.23 bits per heavy atom. The predicted molar refractivity (Wildman–Crippen MR) is 44.2 cm³/mol. The highest BCUT2D eigenvalue weighted by atomic mass is 19.3. The molecule has 0 atom stereocenters. The van der Waals surface area contributed by atoms with E-state index in [1.165, 1.54) is 18.2 Å². The molecular formula is C9H10F3N. The lowest BCUT2D eigenvalue weighted by Crippen LogP contribution is -2.19. The smallest absolute Gasteiger partial charge is 0.301 e. The standard InChI is InChI=1S/C9H10F3N/c10-6-9(11,12)8-4-2-1-3-7(8)5-13/h1-4H,5-6,13H2. The van der Waals surface area contributed by atoms with E-state index in [4.69, 9.17) is 5.73 Å². The average molecular weight is 189 g/mol. The summed E-state index contributed by atoms with van der Waals surface area (Å²) in [6.07, 6.45) is 0. The fourth-order valence-electron chi connectivity index (χ4n) is 1.13.